The minimum Gasteiger partial charge on any atom is -0.481 e. The molecular formula is C14H26N2O4. The third-order valence-corrected chi connectivity index (χ3v) is 4.12. The Bertz CT molecular complexity index is 344. The highest BCUT2D eigenvalue weighted by atomic mass is 16.5. The first-order valence-corrected chi connectivity index (χ1v) is 7.17. The number of aliphatic carboxylic acids is 1. The fourth-order valence-corrected chi connectivity index (χ4v) is 2.52. The second-order valence-corrected chi connectivity index (χ2v) is 5.94. The van der Waals surface area contributed by atoms with Crippen LogP contribution in [-0.2, 0) is 9.53 Å². The van der Waals surface area contributed by atoms with E-state index in [1.807, 2.05) is 0 Å². The molecule has 116 valence electrons. The molecule has 2 atom stereocenters. The van der Waals surface area contributed by atoms with Crippen molar-refractivity contribution in [1.29, 1.82) is 0 Å². The SMILES string of the molecule is COC1CC(NC(=O)NCCCCCC(=O)O)C1(C)C. The van der Waals surface area contributed by atoms with E-state index in [0.29, 0.717) is 13.0 Å². The smallest absolute Gasteiger partial charge is 0.315 e. The predicted octanol–water partition coefficient (Wildman–Crippen LogP) is 1.74. The summed E-state index contributed by atoms with van der Waals surface area (Å²) in [5.74, 6) is -0.768. The Hall–Kier alpha value is -1.30. The molecule has 0 heterocycles. The highest BCUT2D eigenvalue weighted by Gasteiger charge is 2.49. The number of hydrogen-bond donors (Lipinski definition) is 3. The van der Waals surface area contributed by atoms with Gasteiger partial charge in [-0.15, -0.1) is 0 Å². The van der Waals surface area contributed by atoms with Crippen LogP contribution in [0.3, 0.4) is 0 Å². The van der Waals surface area contributed by atoms with Gasteiger partial charge < -0.3 is 20.5 Å². The van der Waals surface area contributed by atoms with Crippen molar-refractivity contribution in [2.75, 3.05) is 13.7 Å². The Kier molecular flexibility index (Phi) is 6.26. The monoisotopic (exact) mass is 286 g/mol. The Balaban J connectivity index is 2.08. The van der Waals surface area contributed by atoms with Crippen molar-refractivity contribution in [1.82, 2.24) is 10.6 Å². The Morgan fingerprint density at radius 2 is 2.00 bits per heavy atom. The molecule has 1 aliphatic carbocycles. The quantitative estimate of drug-likeness (QED) is 0.593. The Morgan fingerprint density at radius 3 is 2.55 bits per heavy atom. The van der Waals surface area contributed by atoms with E-state index in [-0.39, 0.29) is 30.0 Å². The molecular weight excluding hydrogens is 260 g/mol. The summed E-state index contributed by atoms with van der Waals surface area (Å²) in [6, 6.07) is -0.0182. The standard InChI is InChI=1S/C14H26N2O4/c1-14(2)10(9-11(14)20-3)16-13(19)15-8-6-4-5-7-12(17)18/h10-11H,4-9H2,1-3H3,(H,17,18)(H2,15,16,19). The largest absolute Gasteiger partial charge is 0.481 e. The molecule has 0 aromatic heterocycles. The second kappa shape index (κ2) is 7.47. The number of carboxylic acid groups (broad SMARTS) is 1. The van der Waals surface area contributed by atoms with Gasteiger partial charge in [-0.05, 0) is 19.3 Å². The van der Waals surface area contributed by atoms with E-state index in [4.69, 9.17) is 9.84 Å². The van der Waals surface area contributed by atoms with E-state index < -0.39 is 5.97 Å². The summed E-state index contributed by atoms with van der Waals surface area (Å²) in [6.07, 6.45) is 3.51. The first kappa shape index (κ1) is 16.8. The van der Waals surface area contributed by atoms with Crippen LogP contribution in [-0.4, -0.2) is 42.9 Å². The number of carboxylic acids is 1. The third kappa shape index (κ3) is 4.67. The van der Waals surface area contributed by atoms with Gasteiger partial charge in [-0.3, -0.25) is 4.79 Å². The number of carbonyl (C=O) groups is 2. The summed E-state index contributed by atoms with van der Waals surface area (Å²) in [4.78, 5) is 22.0. The van der Waals surface area contributed by atoms with Crippen molar-refractivity contribution >= 4 is 12.0 Å². The van der Waals surface area contributed by atoms with Crippen molar-refractivity contribution in [3.8, 4) is 0 Å². The Morgan fingerprint density at radius 1 is 1.30 bits per heavy atom. The van der Waals surface area contributed by atoms with Crippen LogP contribution in [0, 0.1) is 5.41 Å². The molecule has 2 amide bonds. The van der Waals surface area contributed by atoms with Gasteiger partial charge in [0.2, 0.25) is 0 Å². The van der Waals surface area contributed by atoms with Gasteiger partial charge in [-0.25, -0.2) is 4.79 Å². The molecule has 20 heavy (non-hydrogen) atoms. The maximum Gasteiger partial charge on any atom is 0.315 e. The lowest BCUT2D eigenvalue weighted by Crippen LogP contribution is -2.63. The molecule has 0 bridgehead atoms. The van der Waals surface area contributed by atoms with E-state index in [1.54, 1.807) is 7.11 Å². The molecule has 0 aromatic carbocycles. The van der Waals surface area contributed by atoms with Crippen LogP contribution in [0.1, 0.15) is 46.0 Å². The summed E-state index contributed by atoms with van der Waals surface area (Å²) in [6.45, 7) is 4.75. The minimum atomic E-state index is -0.768. The first-order chi connectivity index (χ1) is 9.37. The second-order valence-electron chi connectivity index (χ2n) is 5.94. The molecule has 0 radical (unpaired) electrons. The number of ether oxygens (including phenoxy) is 1. The number of urea groups is 1. The van der Waals surface area contributed by atoms with Crippen LogP contribution in [0.2, 0.25) is 0 Å². The van der Waals surface area contributed by atoms with E-state index in [9.17, 15) is 9.59 Å². The molecule has 0 spiro atoms. The van der Waals surface area contributed by atoms with Crippen molar-refractivity contribution in [2.45, 2.75) is 58.1 Å². The van der Waals surface area contributed by atoms with Crippen molar-refractivity contribution < 1.29 is 19.4 Å². The van der Waals surface area contributed by atoms with Crippen LogP contribution in [0.4, 0.5) is 4.79 Å². The van der Waals surface area contributed by atoms with Crippen LogP contribution in [0.5, 0.6) is 0 Å². The third-order valence-electron chi connectivity index (χ3n) is 4.12. The number of unbranched alkanes of at least 4 members (excludes halogenated alkanes) is 2. The molecule has 1 saturated carbocycles. The number of amides is 2. The van der Waals surface area contributed by atoms with Crippen LogP contribution in [0.25, 0.3) is 0 Å². The van der Waals surface area contributed by atoms with Gasteiger partial charge >= 0.3 is 12.0 Å². The van der Waals surface area contributed by atoms with Crippen molar-refractivity contribution in [2.24, 2.45) is 5.41 Å². The number of hydrogen-bond acceptors (Lipinski definition) is 3. The lowest BCUT2D eigenvalue weighted by atomic mass is 9.64. The van der Waals surface area contributed by atoms with Gasteiger partial charge in [0.15, 0.2) is 0 Å². The normalized spacial score (nSPS) is 23.8. The zero-order valence-electron chi connectivity index (χ0n) is 12.6. The van der Waals surface area contributed by atoms with E-state index >= 15 is 0 Å². The molecule has 0 saturated heterocycles. The average Bonchev–Trinajstić information content (AvgIpc) is 2.37. The lowest BCUT2D eigenvalue weighted by molar-refractivity contribution is -0.137. The predicted molar refractivity (Wildman–Crippen MR) is 75.6 cm³/mol. The summed E-state index contributed by atoms with van der Waals surface area (Å²) in [7, 11) is 1.69. The van der Waals surface area contributed by atoms with Crippen molar-refractivity contribution in [3.63, 3.8) is 0 Å². The van der Waals surface area contributed by atoms with Gasteiger partial charge in [0.05, 0.1) is 6.10 Å². The highest BCUT2D eigenvalue weighted by Crippen LogP contribution is 2.42. The Labute approximate surface area is 120 Å². The summed E-state index contributed by atoms with van der Waals surface area (Å²) >= 11 is 0. The molecule has 0 aliphatic heterocycles. The topological polar surface area (TPSA) is 87.7 Å². The number of carbonyl (C=O) groups excluding carboxylic acids is 1. The zero-order chi connectivity index (χ0) is 15.2. The van der Waals surface area contributed by atoms with Crippen molar-refractivity contribution in [3.05, 3.63) is 0 Å². The summed E-state index contributed by atoms with van der Waals surface area (Å²) in [5.41, 5.74) is -0.0341. The van der Waals surface area contributed by atoms with Gasteiger partial charge in [0.25, 0.3) is 0 Å². The van der Waals surface area contributed by atoms with E-state index in [2.05, 4.69) is 24.5 Å². The molecule has 6 heteroatoms. The highest BCUT2D eigenvalue weighted by molar-refractivity contribution is 5.74. The first-order valence-electron chi connectivity index (χ1n) is 7.17. The summed E-state index contributed by atoms with van der Waals surface area (Å²) < 4.78 is 5.34. The van der Waals surface area contributed by atoms with Crippen LogP contribution in [0.15, 0.2) is 0 Å². The number of rotatable bonds is 8. The molecule has 3 N–H and O–H groups in total. The fraction of sp³-hybridized carbons (Fsp3) is 0.857. The van der Waals surface area contributed by atoms with E-state index in [1.165, 1.54) is 0 Å². The maximum atomic E-state index is 11.7. The van der Waals surface area contributed by atoms with Crippen LogP contribution < -0.4 is 10.6 Å². The maximum absolute atomic E-state index is 11.7. The van der Waals surface area contributed by atoms with Gasteiger partial charge in [-0.1, -0.05) is 20.3 Å². The molecule has 1 rings (SSSR count). The lowest BCUT2D eigenvalue weighted by Gasteiger charge is -2.51. The average molecular weight is 286 g/mol. The molecule has 1 aliphatic rings. The summed E-state index contributed by atoms with van der Waals surface area (Å²) in [5, 5.41) is 14.2. The van der Waals surface area contributed by atoms with Gasteiger partial charge in [0, 0.05) is 31.5 Å². The van der Waals surface area contributed by atoms with Gasteiger partial charge in [-0.2, -0.15) is 0 Å². The number of methoxy groups -OCH3 is 1. The molecule has 1 fully saturated rings. The number of nitrogens with one attached hydrogen (secondary N) is 2. The van der Waals surface area contributed by atoms with Gasteiger partial charge in [0.1, 0.15) is 0 Å². The zero-order valence-corrected chi connectivity index (χ0v) is 12.6. The molecule has 6 nitrogen and oxygen atoms in total. The van der Waals surface area contributed by atoms with E-state index in [0.717, 1.165) is 19.3 Å². The minimum absolute atomic E-state index is 0.0341. The molecule has 0 aromatic rings. The van der Waals surface area contributed by atoms with Crippen LogP contribution >= 0.6 is 0 Å². The molecule has 2 unspecified atom stereocenters. The fourth-order valence-electron chi connectivity index (χ4n) is 2.52.